The summed E-state index contributed by atoms with van der Waals surface area (Å²) in [5.74, 6) is -1.10. The second-order valence-electron chi connectivity index (χ2n) is 5.29. The van der Waals surface area contributed by atoms with Crippen LogP contribution in [0.1, 0.15) is 39.5 Å². The molecule has 3 amide bonds. The highest BCUT2D eigenvalue weighted by Gasteiger charge is 2.43. The van der Waals surface area contributed by atoms with Gasteiger partial charge in [-0.2, -0.15) is 0 Å². The highest BCUT2D eigenvalue weighted by Crippen LogP contribution is 2.32. The van der Waals surface area contributed by atoms with Gasteiger partial charge in [-0.1, -0.05) is 6.92 Å². The molecular weight excluding hydrogens is 250 g/mol. The minimum absolute atomic E-state index is 0.401. The van der Waals surface area contributed by atoms with Crippen LogP contribution >= 0.6 is 0 Å². The number of hydrogen-bond donors (Lipinski definition) is 4. The number of aliphatic carboxylic acids is 1. The third kappa shape index (κ3) is 3.84. The number of nitrogens with one attached hydrogen (secondary N) is 2. The normalized spacial score (nSPS) is 28.2. The number of rotatable bonds is 4. The summed E-state index contributed by atoms with van der Waals surface area (Å²) in [7, 11) is 0. The predicted molar refractivity (Wildman–Crippen MR) is 68.3 cm³/mol. The molecule has 108 valence electrons. The molecule has 0 saturated heterocycles. The summed E-state index contributed by atoms with van der Waals surface area (Å²) < 4.78 is 0. The smallest absolute Gasteiger partial charge is 0.329 e. The number of carboxylic acids is 1. The molecule has 1 unspecified atom stereocenters. The van der Waals surface area contributed by atoms with Gasteiger partial charge in [0.15, 0.2) is 0 Å². The van der Waals surface area contributed by atoms with Crippen LogP contribution in [0, 0.1) is 5.92 Å². The Morgan fingerprint density at radius 2 is 1.84 bits per heavy atom. The monoisotopic (exact) mass is 271 g/mol. The fourth-order valence-corrected chi connectivity index (χ4v) is 2.27. The van der Waals surface area contributed by atoms with E-state index in [1.807, 2.05) is 0 Å². The van der Waals surface area contributed by atoms with Crippen molar-refractivity contribution < 1.29 is 19.5 Å². The van der Waals surface area contributed by atoms with Crippen molar-refractivity contribution in [3.63, 3.8) is 0 Å². The quantitative estimate of drug-likeness (QED) is 0.583. The highest BCUT2D eigenvalue weighted by molar-refractivity contribution is 5.91. The fourth-order valence-electron chi connectivity index (χ4n) is 2.27. The van der Waals surface area contributed by atoms with E-state index in [9.17, 15) is 19.5 Å². The molecule has 1 aliphatic carbocycles. The van der Waals surface area contributed by atoms with Gasteiger partial charge in [0.1, 0.15) is 11.6 Å². The van der Waals surface area contributed by atoms with E-state index in [-0.39, 0.29) is 0 Å². The Balaban J connectivity index is 2.71. The first-order valence-electron chi connectivity index (χ1n) is 6.38. The number of hydrogen-bond acceptors (Lipinski definition) is 3. The van der Waals surface area contributed by atoms with Crippen LogP contribution in [0.25, 0.3) is 0 Å². The molecule has 0 aromatic carbocycles. The summed E-state index contributed by atoms with van der Waals surface area (Å²) in [4.78, 5) is 34.0. The van der Waals surface area contributed by atoms with E-state index < -0.39 is 29.5 Å². The molecule has 0 bridgehead atoms. The minimum atomic E-state index is -1.23. The number of carbonyl (C=O) groups excluding carboxylic acids is 2. The minimum Gasteiger partial charge on any atom is -0.480 e. The Morgan fingerprint density at radius 3 is 2.26 bits per heavy atom. The van der Waals surface area contributed by atoms with Crippen LogP contribution < -0.4 is 16.4 Å². The van der Waals surface area contributed by atoms with E-state index in [4.69, 9.17) is 5.73 Å². The first-order valence-corrected chi connectivity index (χ1v) is 6.38. The van der Waals surface area contributed by atoms with E-state index in [1.165, 1.54) is 6.92 Å². The average Bonchev–Trinajstić information content (AvgIpc) is 2.31. The second-order valence-corrected chi connectivity index (χ2v) is 5.29. The lowest BCUT2D eigenvalue weighted by atomic mass is 9.77. The molecule has 0 aromatic rings. The Bertz CT molecular complexity index is 375. The summed E-state index contributed by atoms with van der Waals surface area (Å²) in [6, 6.07) is -1.67. The number of nitrogens with two attached hydrogens (primary N) is 1. The van der Waals surface area contributed by atoms with Crippen LogP contribution in [-0.2, 0) is 9.59 Å². The molecule has 0 aromatic heterocycles. The van der Waals surface area contributed by atoms with Gasteiger partial charge in [0, 0.05) is 0 Å². The van der Waals surface area contributed by atoms with Gasteiger partial charge in [0.05, 0.1) is 0 Å². The molecule has 1 aliphatic rings. The number of carboxylic acid groups (broad SMARTS) is 1. The van der Waals surface area contributed by atoms with Crippen molar-refractivity contribution in [3.8, 4) is 0 Å². The van der Waals surface area contributed by atoms with E-state index in [2.05, 4.69) is 17.6 Å². The lowest BCUT2D eigenvalue weighted by Gasteiger charge is -2.37. The molecule has 5 N–H and O–H groups in total. The van der Waals surface area contributed by atoms with E-state index in [0.29, 0.717) is 18.8 Å². The van der Waals surface area contributed by atoms with Gasteiger partial charge in [-0.3, -0.25) is 4.79 Å². The van der Waals surface area contributed by atoms with Crippen LogP contribution in [0.15, 0.2) is 0 Å². The van der Waals surface area contributed by atoms with E-state index in [0.717, 1.165) is 12.8 Å². The fraction of sp³-hybridized carbons (Fsp3) is 0.750. The molecule has 0 aliphatic heterocycles. The Morgan fingerprint density at radius 1 is 1.32 bits per heavy atom. The maximum absolute atomic E-state index is 11.9. The Kier molecular flexibility index (Phi) is 4.74. The second kappa shape index (κ2) is 5.90. The number of primary amides is 1. The molecule has 1 saturated carbocycles. The summed E-state index contributed by atoms with van der Waals surface area (Å²) in [6.45, 7) is 3.52. The first-order chi connectivity index (χ1) is 8.77. The van der Waals surface area contributed by atoms with Gasteiger partial charge >= 0.3 is 12.0 Å². The molecule has 7 nitrogen and oxygen atoms in total. The topological polar surface area (TPSA) is 122 Å². The van der Waals surface area contributed by atoms with Crippen LogP contribution in [0.5, 0.6) is 0 Å². The highest BCUT2D eigenvalue weighted by atomic mass is 16.4. The molecule has 19 heavy (non-hydrogen) atoms. The molecule has 0 heterocycles. The molecule has 0 spiro atoms. The largest absolute Gasteiger partial charge is 0.480 e. The van der Waals surface area contributed by atoms with Gasteiger partial charge in [-0.25, -0.2) is 9.59 Å². The molecule has 0 radical (unpaired) electrons. The van der Waals surface area contributed by atoms with Crippen molar-refractivity contribution in [2.75, 3.05) is 0 Å². The molecular formula is C12H21N3O4. The zero-order valence-corrected chi connectivity index (χ0v) is 11.2. The first kappa shape index (κ1) is 15.3. The van der Waals surface area contributed by atoms with Gasteiger partial charge in [-0.15, -0.1) is 0 Å². The molecule has 1 rings (SSSR count). The van der Waals surface area contributed by atoms with Gasteiger partial charge in [0.25, 0.3) is 0 Å². The maximum Gasteiger partial charge on any atom is 0.329 e. The third-order valence-electron chi connectivity index (χ3n) is 3.65. The van der Waals surface area contributed by atoms with Gasteiger partial charge in [0.2, 0.25) is 5.91 Å². The van der Waals surface area contributed by atoms with Crippen molar-refractivity contribution in [1.82, 2.24) is 10.6 Å². The molecule has 1 atom stereocenters. The van der Waals surface area contributed by atoms with Gasteiger partial charge < -0.3 is 21.5 Å². The Hall–Kier alpha value is -1.79. The lowest BCUT2D eigenvalue weighted by molar-refractivity contribution is -0.149. The number of urea groups is 1. The van der Waals surface area contributed by atoms with E-state index >= 15 is 0 Å². The van der Waals surface area contributed by atoms with Crippen molar-refractivity contribution in [2.24, 2.45) is 11.7 Å². The Labute approximate surface area is 111 Å². The number of carbonyl (C=O) groups is 3. The van der Waals surface area contributed by atoms with Crippen molar-refractivity contribution in [3.05, 3.63) is 0 Å². The van der Waals surface area contributed by atoms with Crippen LogP contribution in [0.4, 0.5) is 4.79 Å². The average molecular weight is 271 g/mol. The lowest BCUT2D eigenvalue weighted by Crippen LogP contribution is -2.60. The summed E-state index contributed by atoms with van der Waals surface area (Å²) in [5.41, 5.74) is 3.70. The molecule has 7 heteroatoms. The zero-order valence-electron chi connectivity index (χ0n) is 11.2. The SMILES string of the molecule is CC1CCC(NC(=O)C(C)NC(N)=O)(C(=O)O)CC1. The van der Waals surface area contributed by atoms with Crippen molar-refractivity contribution in [1.29, 1.82) is 0 Å². The van der Waals surface area contributed by atoms with Crippen LogP contribution in [-0.4, -0.2) is 34.6 Å². The van der Waals surface area contributed by atoms with Gasteiger partial charge in [-0.05, 0) is 38.5 Å². The standard InChI is InChI=1S/C12H21N3O4/c1-7-3-5-12(6-4-7,10(17)18)15-9(16)8(2)14-11(13)19/h7-8H,3-6H2,1-2H3,(H,15,16)(H,17,18)(H3,13,14,19). The third-order valence-corrected chi connectivity index (χ3v) is 3.65. The summed E-state index contributed by atoms with van der Waals surface area (Å²) in [6.07, 6.45) is 2.31. The summed E-state index contributed by atoms with van der Waals surface area (Å²) >= 11 is 0. The zero-order chi connectivity index (χ0) is 14.6. The van der Waals surface area contributed by atoms with Crippen LogP contribution in [0.3, 0.4) is 0 Å². The molecule has 1 fully saturated rings. The number of amides is 3. The summed E-state index contributed by atoms with van der Waals surface area (Å²) in [5, 5.41) is 14.1. The van der Waals surface area contributed by atoms with Crippen molar-refractivity contribution >= 4 is 17.9 Å². The maximum atomic E-state index is 11.9. The van der Waals surface area contributed by atoms with E-state index in [1.54, 1.807) is 0 Å². The predicted octanol–water partition coefficient (Wildman–Crippen LogP) is 0.193. The van der Waals surface area contributed by atoms with Crippen LogP contribution in [0.2, 0.25) is 0 Å². The van der Waals surface area contributed by atoms with Crippen molar-refractivity contribution in [2.45, 2.75) is 51.1 Å².